The number of piperidine rings is 1. The van der Waals surface area contributed by atoms with Gasteiger partial charge in [0.05, 0.1) is 6.61 Å². The number of nitrogens with zero attached hydrogens (tertiary/aromatic N) is 3. The topological polar surface area (TPSA) is 99.3 Å². The number of carbonyl (C=O) groups is 4. The molecule has 156 valence electrons. The summed E-state index contributed by atoms with van der Waals surface area (Å²) in [7, 11) is 1.66. The largest absolute Gasteiger partial charge is 0.450 e. The van der Waals surface area contributed by atoms with Crippen LogP contribution >= 0.6 is 0 Å². The Morgan fingerprint density at radius 1 is 1.14 bits per heavy atom. The predicted molar refractivity (Wildman–Crippen MR) is 100 cm³/mol. The third kappa shape index (κ3) is 3.79. The van der Waals surface area contributed by atoms with Crippen molar-refractivity contribution < 1.29 is 23.9 Å². The second-order valence-corrected chi connectivity index (χ2v) is 7.85. The van der Waals surface area contributed by atoms with Crippen molar-refractivity contribution in [3.8, 4) is 0 Å². The first kappa shape index (κ1) is 20.4. The fourth-order valence-corrected chi connectivity index (χ4v) is 4.51. The lowest BCUT2D eigenvalue weighted by Gasteiger charge is -2.35. The molecule has 3 rings (SSSR count). The van der Waals surface area contributed by atoms with Crippen molar-refractivity contribution in [1.82, 2.24) is 20.0 Å². The molecule has 9 nitrogen and oxygen atoms in total. The standard InChI is InChI=1S/C19H30N4O5/c1-3-28-18(27)22-11-7-14(8-12-22)20-15(24)13-23-16(25)19(21(2)17(23)26)9-5-4-6-10-19/h14H,3-13H2,1-2H3,(H,20,24). The molecule has 0 aromatic carbocycles. The highest BCUT2D eigenvalue weighted by Crippen LogP contribution is 2.39. The fourth-order valence-electron chi connectivity index (χ4n) is 4.51. The predicted octanol–water partition coefficient (Wildman–Crippen LogP) is 1.32. The SMILES string of the molecule is CCOC(=O)N1CCC(NC(=O)CN2C(=O)N(C)C3(CCCCC3)C2=O)CC1. The molecule has 3 fully saturated rings. The second kappa shape index (κ2) is 8.36. The zero-order valence-electron chi connectivity index (χ0n) is 16.7. The number of imide groups is 1. The van der Waals surface area contributed by atoms with Gasteiger partial charge in [-0.05, 0) is 32.6 Å². The number of hydrogen-bond donors (Lipinski definition) is 1. The third-order valence-corrected chi connectivity index (χ3v) is 6.17. The van der Waals surface area contributed by atoms with Gasteiger partial charge in [0.1, 0.15) is 12.1 Å². The first-order chi connectivity index (χ1) is 13.4. The van der Waals surface area contributed by atoms with Crippen LogP contribution < -0.4 is 5.32 Å². The maximum Gasteiger partial charge on any atom is 0.409 e. The molecule has 1 spiro atoms. The van der Waals surface area contributed by atoms with Crippen LogP contribution in [0.5, 0.6) is 0 Å². The Kier molecular flexibility index (Phi) is 6.10. The van der Waals surface area contributed by atoms with Crippen LogP contribution in [-0.4, -0.2) is 83.5 Å². The average molecular weight is 394 g/mol. The van der Waals surface area contributed by atoms with E-state index in [-0.39, 0.29) is 36.5 Å². The van der Waals surface area contributed by atoms with Crippen molar-refractivity contribution in [2.45, 2.75) is 63.5 Å². The Labute approximate surface area is 165 Å². The first-order valence-electron chi connectivity index (χ1n) is 10.2. The molecule has 1 saturated carbocycles. The molecule has 0 radical (unpaired) electrons. The average Bonchev–Trinajstić information content (AvgIpc) is 2.86. The molecule has 1 N–H and O–H groups in total. The van der Waals surface area contributed by atoms with Crippen molar-refractivity contribution in [3.63, 3.8) is 0 Å². The molecule has 0 unspecified atom stereocenters. The molecule has 2 aliphatic heterocycles. The van der Waals surface area contributed by atoms with Gasteiger partial charge in [-0.3, -0.25) is 14.5 Å². The number of likely N-dealkylation sites (N-methyl/N-ethyl adjacent to an activating group) is 1. The van der Waals surface area contributed by atoms with Crippen molar-refractivity contribution in [1.29, 1.82) is 0 Å². The van der Waals surface area contributed by atoms with Crippen LogP contribution in [0.1, 0.15) is 51.9 Å². The van der Waals surface area contributed by atoms with E-state index >= 15 is 0 Å². The number of amides is 5. The molecule has 0 aromatic heterocycles. The highest BCUT2D eigenvalue weighted by Gasteiger charge is 2.55. The number of ether oxygens (including phenoxy) is 1. The normalized spacial score (nSPS) is 22.7. The second-order valence-electron chi connectivity index (χ2n) is 7.85. The summed E-state index contributed by atoms with van der Waals surface area (Å²) in [5, 5.41) is 2.90. The van der Waals surface area contributed by atoms with E-state index in [1.54, 1.807) is 18.9 Å². The smallest absolute Gasteiger partial charge is 0.409 e. The summed E-state index contributed by atoms with van der Waals surface area (Å²) in [6.07, 6.45) is 5.15. The zero-order chi connectivity index (χ0) is 20.3. The molecule has 0 atom stereocenters. The van der Waals surface area contributed by atoms with E-state index in [0.717, 1.165) is 24.2 Å². The molecule has 2 heterocycles. The Bertz CT molecular complexity index is 638. The minimum absolute atomic E-state index is 0.0765. The molecule has 9 heteroatoms. The summed E-state index contributed by atoms with van der Waals surface area (Å²) >= 11 is 0. The zero-order valence-corrected chi connectivity index (χ0v) is 16.7. The van der Waals surface area contributed by atoms with Crippen molar-refractivity contribution in [2.75, 3.05) is 33.3 Å². The van der Waals surface area contributed by atoms with Crippen LogP contribution in [0.2, 0.25) is 0 Å². The van der Waals surface area contributed by atoms with E-state index < -0.39 is 5.54 Å². The summed E-state index contributed by atoms with van der Waals surface area (Å²) < 4.78 is 4.99. The number of rotatable bonds is 4. The number of carbonyl (C=O) groups excluding carboxylic acids is 4. The molecule has 28 heavy (non-hydrogen) atoms. The van der Waals surface area contributed by atoms with Gasteiger partial charge in [-0.15, -0.1) is 0 Å². The van der Waals surface area contributed by atoms with Gasteiger partial charge < -0.3 is 19.9 Å². The highest BCUT2D eigenvalue weighted by atomic mass is 16.6. The van der Waals surface area contributed by atoms with Crippen molar-refractivity contribution >= 4 is 23.9 Å². The van der Waals surface area contributed by atoms with Crippen molar-refractivity contribution in [2.24, 2.45) is 0 Å². The Morgan fingerprint density at radius 2 is 1.79 bits per heavy atom. The van der Waals surface area contributed by atoms with Crippen LogP contribution in [0.15, 0.2) is 0 Å². The minimum atomic E-state index is -0.763. The minimum Gasteiger partial charge on any atom is -0.450 e. The summed E-state index contributed by atoms with van der Waals surface area (Å²) in [4.78, 5) is 54.0. The third-order valence-electron chi connectivity index (χ3n) is 6.17. The van der Waals surface area contributed by atoms with Gasteiger partial charge >= 0.3 is 12.1 Å². The Morgan fingerprint density at radius 3 is 2.39 bits per heavy atom. The van der Waals surface area contributed by atoms with Gasteiger partial charge in [0.15, 0.2) is 0 Å². The molecule has 5 amide bonds. The Hall–Kier alpha value is -2.32. The highest BCUT2D eigenvalue weighted by molar-refractivity contribution is 6.08. The number of nitrogens with one attached hydrogen (secondary N) is 1. The number of urea groups is 1. The van der Waals surface area contributed by atoms with Gasteiger partial charge in [-0.2, -0.15) is 0 Å². The van der Waals surface area contributed by atoms with Gasteiger partial charge in [0.25, 0.3) is 5.91 Å². The molecule has 0 aromatic rings. The summed E-state index contributed by atoms with van der Waals surface area (Å²) in [6.45, 7) is 2.88. The number of hydrogen-bond acceptors (Lipinski definition) is 5. The maximum absolute atomic E-state index is 12.9. The van der Waals surface area contributed by atoms with E-state index in [1.165, 1.54) is 4.90 Å². The number of likely N-dealkylation sites (tertiary alicyclic amines) is 1. The lowest BCUT2D eigenvalue weighted by atomic mass is 9.81. The van der Waals surface area contributed by atoms with Gasteiger partial charge in [-0.1, -0.05) is 19.3 Å². The lowest BCUT2D eigenvalue weighted by Crippen LogP contribution is -2.51. The molecule has 1 aliphatic carbocycles. The monoisotopic (exact) mass is 394 g/mol. The van der Waals surface area contributed by atoms with Gasteiger partial charge in [-0.25, -0.2) is 9.59 Å². The summed E-state index contributed by atoms with van der Waals surface area (Å²) in [5.74, 6) is -0.579. The van der Waals surface area contributed by atoms with E-state index in [4.69, 9.17) is 4.74 Å². The molecule has 0 bridgehead atoms. The van der Waals surface area contributed by atoms with Crippen LogP contribution in [0.3, 0.4) is 0 Å². The van der Waals surface area contributed by atoms with E-state index in [2.05, 4.69) is 5.32 Å². The summed E-state index contributed by atoms with van der Waals surface area (Å²) in [6, 6.07) is -0.466. The lowest BCUT2D eigenvalue weighted by molar-refractivity contribution is -0.137. The van der Waals surface area contributed by atoms with Crippen LogP contribution in [0.4, 0.5) is 9.59 Å². The first-order valence-corrected chi connectivity index (χ1v) is 10.2. The maximum atomic E-state index is 12.9. The molecule has 2 saturated heterocycles. The van der Waals surface area contributed by atoms with Gasteiger partial charge in [0.2, 0.25) is 5.91 Å². The molecule has 3 aliphatic rings. The fraction of sp³-hybridized carbons (Fsp3) is 0.789. The Balaban J connectivity index is 1.52. The van der Waals surface area contributed by atoms with Crippen molar-refractivity contribution in [3.05, 3.63) is 0 Å². The molecular weight excluding hydrogens is 364 g/mol. The van der Waals surface area contributed by atoms with Crippen LogP contribution in [0.25, 0.3) is 0 Å². The van der Waals surface area contributed by atoms with Crippen LogP contribution in [-0.2, 0) is 14.3 Å². The molecular formula is C19H30N4O5. The van der Waals surface area contributed by atoms with E-state index in [9.17, 15) is 19.2 Å². The summed E-state index contributed by atoms with van der Waals surface area (Å²) in [5.41, 5.74) is -0.763. The van der Waals surface area contributed by atoms with Gasteiger partial charge in [0, 0.05) is 26.2 Å². The van der Waals surface area contributed by atoms with Crippen LogP contribution in [0, 0.1) is 0 Å². The van der Waals surface area contributed by atoms with E-state index in [1.807, 2.05) is 0 Å². The van der Waals surface area contributed by atoms with E-state index in [0.29, 0.717) is 45.4 Å². The quantitative estimate of drug-likeness (QED) is 0.725.